The smallest absolute Gasteiger partial charge is 0.167 e. The Kier molecular flexibility index (Phi) is 7.28. The highest BCUT2D eigenvalue weighted by Gasteiger charge is 2.25. The Morgan fingerprint density at radius 1 is 0.489 bits per heavy atom. The molecule has 0 saturated heterocycles. The summed E-state index contributed by atoms with van der Waals surface area (Å²) in [5.74, 6) is 0.723. The van der Waals surface area contributed by atoms with Crippen molar-refractivity contribution < 1.29 is 5.32 Å². The van der Waals surface area contributed by atoms with E-state index in [-0.39, 0.29) is 5.37 Å². The van der Waals surface area contributed by atoms with Crippen LogP contribution in [0.15, 0.2) is 164 Å². The highest BCUT2D eigenvalue weighted by molar-refractivity contribution is 8.08. The summed E-state index contributed by atoms with van der Waals surface area (Å²) in [7, 11) is 0. The van der Waals surface area contributed by atoms with Crippen molar-refractivity contribution in [2.45, 2.75) is 5.37 Å². The monoisotopic (exact) mass is 596 g/mol. The van der Waals surface area contributed by atoms with Crippen molar-refractivity contribution in [3.63, 3.8) is 0 Å². The predicted octanol–water partition coefficient (Wildman–Crippen LogP) is 9.61. The fourth-order valence-corrected chi connectivity index (χ4v) is 7.14. The van der Waals surface area contributed by atoms with Crippen LogP contribution in [0.3, 0.4) is 0 Å². The van der Waals surface area contributed by atoms with E-state index in [2.05, 4.69) is 145 Å². The first-order valence-electron chi connectivity index (χ1n) is 15.2. The van der Waals surface area contributed by atoms with Crippen molar-refractivity contribution in [1.82, 2.24) is 9.97 Å². The molecule has 0 bridgehead atoms. The average Bonchev–Trinajstić information content (AvgIpc) is 3.62. The number of aromatic nitrogens is 2. The third kappa shape index (κ3) is 5.58. The van der Waals surface area contributed by atoms with Gasteiger partial charge in [-0.1, -0.05) is 157 Å². The molecule has 1 aliphatic rings. The molecule has 0 fully saturated rings. The summed E-state index contributed by atoms with van der Waals surface area (Å²) >= 11 is 1.91. The number of benzene rings is 6. The first-order chi connectivity index (χ1) is 22.3. The summed E-state index contributed by atoms with van der Waals surface area (Å²) < 4.78 is 0. The molecule has 0 spiro atoms. The van der Waals surface area contributed by atoms with Crippen molar-refractivity contribution in [3.05, 3.63) is 175 Å². The molecule has 0 amide bonds. The number of fused-ring (bicyclic) bond motifs is 1. The van der Waals surface area contributed by atoms with E-state index in [0.29, 0.717) is 0 Å². The van der Waals surface area contributed by atoms with Gasteiger partial charge in [-0.15, -0.1) is 0 Å². The zero-order valence-corrected chi connectivity index (χ0v) is 25.4. The van der Waals surface area contributed by atoms with Gasteiger partial charge < -0.3 is 5.32 Å². The lowest BCUT2D eigenvalue weighted by molar-refractivity contribution is -0.604. The summed E-state index contributed by atoms with van der Waals surface area (Å²) in [4.78, 5) is 11.4. The third-order valence-corrected chi connectivity index (χ3v) is 9.58. The molecule has 1 unspecified atom stereocenters. The van der Waals surface area contributed by atoms with Crippen molar-refractivity contribution in [1.29, 1.82) is 0 Å². The lowest BCUT2D eigenvalue weighted by Crippen LogP contribution is -2.76. The highest BCUT2D eigenvalue weighted by Crippen LogP contribution is 2.41. The van der Waals surface area contributed by atoms with Gasteiger partial charge in [0.15, 0.2) is 11.2 Å². The van der Waals surface area contributed by atoms with Gasteiger partial charge >= 0.3 is 0 Å². The molecular formula is C41H30N3S+. The number of thioether (sulfide) groups is 1. The molecule has 3 nitrogen and oxygen atoms in total. The molecule has 1 aliphatic heterocycles. The minimum Gasteiger partial charge on any atom is -0.304 e. The summed E-state index contributed by atoms with van der Waals surface area (Å²) in [6.45, 7) is 0. The molecule has 2 N–H and O–H groups in total. The third-order valence-electron chi connectivity index (χ3n) is 8.29. The topological polar surface area (TPSA) is 42.4 Å². The van der Waals surface area contributed by atoms with E-state index >= 15 is 0 Å². The fraction of sp³-hybridized carbons (Fsp3) is 0.0244. The second-order valence-corrected chi connectivity index (χ2v) is 12.4. The largest absolute Gasteiger partial charge is 0.304 e. The number of nitrogens with two attached hydrogens (primary N) is 1. The molecule has 1 atom stereocenters. The Bertz CT molecular complexity index is 2150. The van der Waals surface area contributed by atoms with E-state index < -0.39 is 0 Å². The minimum atomic E-state index is 0.273. The molecule has 8 rings (SSSR count). The van der Waals surface area contributed by atoms with Crippen LogP contribution in [0, 0.1) is 0 Å². The van der Waals surface area contributed by atoms with E-state index in [1.54, 1.807) is 0 Å². The molecule has 4 heteroatoms. The summed E-state index contributed by atoms with van der Waals surface area (Å²) in [5, 5.41) is 5.16. The van der Waals surface area contributed by atoms with Crippen LogP contribution in [0.25, 0.3) is 60.7 Å². The van der Waals surface area contributed by atoms with Crippen molar-refractivity contribution in [2.75, 3.05) is 0 Å². The van der Waals surface area contributed by atoms with Crippen molar-refractivity contribution in [3.8, 4) is 45.0 Å². The molecule has 45 heavy (non-hydrogen) atoms. The molecule has 0 aliphatic carbocycles. The number of hydrogen-bond donors (Lipinski definition) is 1. The van der Waals surface area contributed by atoms with Crippen LogP contribution < -0.4 is 5.32 Å². The predicted molar refractivity (Wildman–Crippen MR) is 188 cm³/mol. The number of nitrogens with zero attached hydrogens (tertiary/aromatic N) is 2. The van der Waals surface area contributed by atoms with Gasteiger partial charge in [0.25, 0.3) is 0 Å². The lowest BCUT2D eigenvalue weighted by atomic mass is 10.0. The van der Waals surface area contributed by atoms with Gasteiger partial charge in [-0.2, -0.15) is 0 Å². The van der Waals surface area contributed by atoms with Gasteiger partial charge in [0.05, 0.1) is 16.3 Å². The Morgan fingerprint density at radius 3 is 1.91 bits per heavy atom. The first kappa shape index (κ1) is 27.3. The van der Waals surface area contributed by atoms with Gasteiger partial charge in [-0.3, -0.25) is 0 Å². The Hall–Kier alpha value is -5.29. The Labute approximate surface area is 267 Å². The van der Waals surface area contributed by atoms with E-state index in [4.69, 9.17) is 9.97 Å². The molecule has 0 radical (unpaired) electrons. The second-order valence-electron chi connectivity index (χ2n) is 11.2. The molecule has 7 aromatic rings. The zero-order valence-electron chi connectivity index (χ0n) is 24.5. The van der Waals surface area contributed by atoms with Crippen molar-refractivity contribution in [2.24, 2.45) is 0 Å². The van der Waals surface area contributed by atoms with Crippen LogP contribution in [0.5, 0.6) is 0 Å². The highest BCUT2D eigenvalue weighted by atomic mass is 32.2. The average molecular weight is 597 g/mol. The second kappa shape index (κ2) is 12.0. The van der Waals surface area contributed by atoms with Gasteiger partial charge in [-0.05, 0) is 34.0 Å². The van der Waals surface area contributed by atoms with Gasteiger partial charge in [0.2, 0.25) is 0 Å². The van der Waals surface area contributed by atoms with E-state index in [9.17, 15) is 0 Å². The van der Waals surface area contributed by atoms with Crippen LogP contribution in [0.1, 0.15) is 16.5 Å². The minimum absolute atomic E-state index is 0.273. The number of rotatable bonds is 6. The van der Waals surface area contributed by atoms with E-state index in [1.807, 2.05) is 36.0 Å². The maximum Gasteiger partial charge on any atom is 0.167 e. The fourth-order valence-electron chi connectivity index (χ4n) is 5.95. The van der Waals surface area contributed by atoms with Crippen LogP contribution in [0.2, 0.25) is 0 Å². The van der Waals surface area contributed by atoms with Crippen LogP contribution in [0.4, 0.5) is 0 Å². The molecule has 1 aromatic heterocycles. The molecule has 214 valence electrons. The zero-order chi connectivity index (χ0) is 30.0. The normalized spacial score (nSPS) is 14.4. The van der Waals surface area contributed by atoms with E-state index in [0.717, 1.165) is 33.9 Å². The maximum absolute atomic E-state index is 5.05. The van der Waals surface area contributed by atoms with Crippen LogP contribution in [-0.4, -0.2) is 9.97 Å². The Balaban J connectivity index is 1.11. The lowest BCUT2D eigenvalue weighted by Gasteiger charge is -2.12. The van der Waals surface area contributed by atoms with Crippen LogP contribution >= 0.6 is 11.8 Å². The summed E-state index contributed by atoms with van der Waals surface area (Å²) in [5.41, 5.74) is 9.89. The summed E-state index contributed by atoms with van der Waals surface area (Å²) in [6, 6.07) is 55.5. The van der Waals surface area contributed by atoms with Crippen molar-refractivity contribution >= 4 is 27.4 Å². The van der Waals surface area contributed by atoms with Gasteiger partial charge in [0, 0.05) is 27.8 Å². The van der Waals surface area contributed by atoms with Crippen LogP contribution in [-0.2, 0) is 0 Å². The standard InChI is InChI=1S/C41H29N3S/c1-3-11-28(12-4-1)33-17-9-18-34(25-33)38-26-37(43-40(44-38)31-14-5-2-6-15-31)30-21-23-32(24-22-30)41-42-27-39(45-41)36-20-10-16-29-13-7-8-19-35(29)36/h1-27,41-42H/p+1. The van der Waals surface area contributed by atoms with E-state index in [1.165, 1.54) is 37.9 Å². The molecule has 6 aromatic carbocycles. The molecule has 2 heterocycles. The number of hydrogen-bond acceptors (Lipinski definition) is 3. The quantitative estimate of drug-likeness (QED) is 0.208. The molecular weight excluding hydrogens is 567 g/mol. The Morgan fingerprint density at radius 2 is 1.11 bits per heavy atom. The summed E-state index contributed by atoms with van der Waals surface area (Å²) in [6.07, 6.45) is 2.28. The maximum atomic E-state index is 5.05. The number of quaternary nitrogens is 1. The molecule has 0 saturated carbocycles. The SMILES string of the molecule is C1=C(c2cccc3ccccc23)SC(c2ccc(-c3cc(-c4cccc(-c5ccccc5)c4)nc(-c4ccccc4)n3)cc2)[NH2+]1. The van der Waals surface area contributed by atoms with Gasteiger partial charge in [-0.25, -0.2) is 9.97 Å². The van der Waals surface area contributed by atoms with Gasteiger partial charge in [0.1, 0.15) is 6.20 Å². The first-order valence-corrected chi connectivity index (χ1v) is 16.1.